The van der Waals surface area contributed by atoms with Crippen molar-refractivity contribution in [3.05, 3.63) is 18.2 Å². The number of hydrogen-bond acceptors (Lipinski definition) is 4. The molecule has 1 rings (SSSR count). The molecule has 0 saturated heterocycles. The van der Waals surface area contributed by atoms with Gasteiger partial charge in [0.25, 0.3) is 0 Å². The molecule has 0 radical (unpaired) electrons. The maximum absolute atomic E-state index is 12.0. The predicted octanol–water partition coefficient (Wildman–Crippen LogP) is 5.17. The molecule has 23 heavy (non-hydrogen) atoms. The van der Waals surface area contributed by atoms with Crippen LogP contribution >= 0.6 is 0 Å². The molecule has 0 saturated carbocycles. The highest BCUT2D eigenvalue weighted by Gasteiger charge is 2.15. The Morgan fingerprint density at radius 3 is 2.22 bits per heavy atom. The number of benzene rings is 1. The second-order valence-corrected chi connectivity index (χ2v) is 6.24. The van der Waals surface area contributed by atoms with Gasteiger partial charge in [0.1, 0.15) is 5.75 Å². The lowest BCUT2D eigenvalue weighted by molar-refractivity contribution is -0.138. The Kier molecular flexibility index (Phi) is 9.18. The van der Waals surface area contributed by atoms with Crippen LogP contribution in [0.1, 0.15) is 71.6 Å². The van der Waals surface area contributed by atoms with Crippen molar-refractivity contribution in [1.82, 2.24) is 0 Å². The van der Waals surface area contributed by atoms with Crippen LogP contribution in [0.25, 0.3) is 0 Å². The van der Waals surface area contributed by atoms with Gasteiger partial charge in [-0.15, -0.1) is 0 Å². The van der Waals surface area contributed by atoms with Crippen molar-refractivity contribution in [2.24, 2.45) is 5.92 Å². The Hall–Kier alpha value is -1.71. The molecule has 1 aromatic carbocycles. The van der Waals surface area contributed by atoms with Crippen LogP contribution in [0.15, 0.2) is 18.2 Å². The van der Waals surface area contributed by atoms with Gasteiger partial charge in [-0.1, -0.05) is 65.2 Å². The first-order valence-electron chi connectivity index (χ1n) is 8.78. The number of esters is 1. The molecule has 2 N–H and O–H groups in total. The van der Waals surface area contributed by atoms with Gasteiger partial charge in [-0.3, -0.25) is 4.79 Å². The van der Waals surface area contributed by atoms with Crippen molar-refractivity contribution in [1.29, 1.82) is 0 Å². The predicted molar refractivity (Wildman–Crippen MR) is 91.8 cm³/mol. The number of carbonyl (C=O) groups is 1. The fraction of sp³-hybridized carbons (Fsp3) is 0.632. The van der Waals surface area contributed by atoms with E-state index in [4.69, 9.17) is 4.74 Å². The van der Waals surface area contributed by atoms with Gasteiger partial charge in [0.15, 0.2) is 11.5 Å². The number of aromatic hydroxyl groups is 2. The fourth-order valence-corrected chi connectivity index (χ4v) is 2.49. The number of phenolic OH excluding ortho intramolecular Hbond substituents is 2. The topological polar surface area (TPSA) is 66.8 Å². The van der Waals surface area contributed by atoms with Crippen LogP contribution in [0.2, 0.25) is 0 Å². The highest BCUT2D eigenvalue weighted by molar-refractivity contribution is 5.74. The number of unbranched alkanes of at least 4 members (excludes halogenated alkanes) is 7. The van der Waals surface area contributed by atoms with Gasteiger partial charge < -0.3 is 14.9 Å². The van der Waals surface area contributed by atoms with E-state index in [-0.39, 0.29) is 29.1 Å². The fourth-order valence-electron chi connectivity index (χ4n) is 2.49. The summed E-state index contributed by atoms with van der Waals surface area (Å²) in [6.07, 6.45) is 10.8. The largest absolute Gasteiger partial charge is 0.504 e. The van der Waals surface area contributed by atoms with E-state index in [9.17, 15) is 15.0 Å². The zero-order valence-corrected chi connectivity index (χ0v) is 14.4. The first kappa shape index (κ1) is 19.3. The van der Waals surface area contributed by atoms with Gasteiger partial charge in [0, 0.05) is 6.07 Å². The van der Waals surface area contributed by atoms with Gasteiger partial charge in [0.2, 0.25) is 0 Å². The Morgan fingerprint density at radius 2 is 1.61 bits per heavy atom. The van der Waals surface area contributed by atoms with Gasteiger partial charge in [-0.2, -0.15) is 0 Å². The highest BCUT2D eigenvalue weighted by Crippen LogP contribution is 2.29. The summed E-state index contributed by atoms with van der Waals surface area (Å²) >= 11 is 0. The molecule has 4 nitrogen and oxygen atoms in total. The van der Waals surface area contributed by atoms with E-state index in [0.717, 1.165) is 19.3 Å². The van der Waals surface area contributed by atoms with E-state index < -0.39 is 0 Å². The second kappa shape index (κ2) is 10.9. The number of hydrogen-bond donors (Lipinski definition) is 2. The maximum Gasteiger partial charge on any atom is 0.314 e. The third kappa shape index (κ3) is 7.91. The van der Waals surface area contributed by atoms with Crippen LogP contribution in [-0.2, 0) is 4.79 Å². The third-order valence-electron chi connectivity index (χ3n) is 4.06. The van der Waals surface area contributed by atoms with Crippen molar-refractivity contribution in [2.45, 2.75) is 71.6 Å². The third-order valence-corrected chi connectivity index (χ3v) is 4.06. The van der Waals surface area contributed by atoms with Crippen LogP contribution in [0, 0.1) is 5.92 Å². The molecule has 1 unspecified atom stereocenters. The number of rotatable bonds is 11. The first-order valence-corrected chi connectivity index (χ1v) is 8.78. The Labute approximate surface area is 139 Å². The maximum atomic E-state index is 12.0. The van der Waals surface area contributed by atoms with Crippen molar-refractivity contribution in [3.63, 3.8) is 0 Å². The summed E-state index contributed by atoms with van der Waals surface area (Å²) in [6, 6.07) is 4.02. The Morgan fingerprint density at radius 1 is 1.00 bits per heavy atom. The van der Waals surface area contributed by atoms with E-state index in [1.54, 1.807) is 0 Å². The van der Waals surface area contributed by atoms with Crippen molar-refractivity contribution in [2.75, 3.05) is 0 Å². The lowest BCUT2D eigenvalue weighted by Crippen LogP contribution is -2.17. The lowest BCUT2D eigenvalue weighted by Gasteiger charge is -2.11. The molecule has 0 aliphatic rings. The normalized spacial score (nSPS) is 12.1. The van der Waals surface area contributed by atoms with Crippen molar-refractivity contribution in [3.8, 4) is 17.2 Å². The van der Waals surface area contributed by atoms with E-state index in [2.05, 4.69) is 6.92 Å². The van der Waals surface area contributed by atoms with Crippen LogP contribution in [0.4, 0.5) is 0 Å². The quantitative estimate of drug-likeness (QED) is 0.255. The standard InChI is InChI=1S/C19H30O4/c1-3-4-5-6-7-8-9-10-11-15(2)19(22)23-16-12-13-17(20)18(21)14-16/h12-15,20-21H,3-11H2,1-2H3. The van der Waals surface area contributed by atoms with E-state index >= 15 is 0 Å². The molecule has 4 heteroatoms. The monoisotopic (exact) mass is 322 g/mol. The minimum Gasteiger partial charge on any atom is -0.504 e. The summed E-state index contributed by atoms with van der Waals surface area (Å²) < 4.78 is 5.22. The minimum absolute atomic E-state index is 0.161. The summed E-state index contributed by atoms with van der Waals surface area (Å²) in [5.41, 5.74) is 0. The molecule has 0 heterocycles. The molecule has 0 aromatic heterocycles. The highest BCUT2D eigenvalue weighted by atomic mass is 16.5. The summed E-state index contributed by atoms with van der Waals surface area (Å²) in [7, 11) is 0. The van der Waals surface area contributed by atoms with Crippen LogP contribution in [0.5, 0.6) is 17.2 Å². The minimum atomic E-state index is -0.293. The molecule has 0 amide bonds. The summed E-state index contributed by atoms with van der Waals surface area (Å²) in [4.78, 5) is 12.0. The molecule has 0 aliphatic carbocycles. The van der Waals surface area contributed by atoms with Gasteiger partial charge in [-0.05, 0) is 18.6 Å². The molecule has 0 aliphatic heterocycles. The average molecular weight is 322 g/mol. The molecule has 0 bridgehead atoms. The Balaban J connectivity index is 2.17. The molecule has 1 aromatic rings. The Bertz CT molecular complexity index is 470. The number of ether oxygens (including phenoxy) is 1. The van der Waals surface area contributed by atoms with E-state index in [1.807, 2.05) is 6.92 Å². The molecule has 1 atom stereocenters. The van der Waals surface area contributed by atoms with Gasteiger partial charge in [-0.25, -0.2) is 0 Å². The average Bonchev–Trinajstić information content (AvgIpc) is 2.53. The first-order chi connectivity index (χ1) is 11.0. The summed E-state index contributed by atoms with van der Waals surface area (Å²) in [5, 5.41) is 18.6. The van der Waals surface area contributed by atoms with Crippen molar-refractivity contribution >= 4 is 5.97 Å². The van der Waals surface area contributed by atoms with E-state index in [0.29, 0.717) is 0 Å². The molecule has 0 fully saturated rings. The van der Waals surface area contributed by atoms with Crippen LogP contribution < -0.4 is 4.74 Å². The SMILES string of the molecule is CCCCCCCCCCC(C)C(=O)Oc1ccc(O)c(O)c1. The molecular weight excluding hydrogens is 292 g/mol. The molecule has 0 spiro atoms. The van der Waals surface area contributed by atoms with Gasteiger partial charge >= 0.3 is 5.97 Å². The van der Waals surface area contributed by atoms with Crippen LogP contribution in [0.3, 0.4) is 0 Å². The zero-order valence-electron chi connectivity index (χ0n) is 14.4. The number of carbonyl (C=O) groups excluding carboxylic acids is 1. The van der Waals surface area contributed by atoms with Crippen LogP contribution in [-0.4, -0.2) is 16.2 Å². The summed E-state index contributed by atoms with van der Waals surface area (Å²) in [5.74, 6) is -0.708. The van der Waals surface area contributed by atoms with Gasteiger partial charge in [0.05, 0.1) is 5.92 Å². The number of phenols is 2. The lowest BCUT2D eigenvalue weighted by atomic mass is 10.0. The van der Waals surface area contributed by atoms with Crippen molar-refractivity contribution < 1.29 is 19.7 Å². The summed E-state index contributed by atoms with van der Waals surface area (Å²) in [6.45, 7) is 4.09. The van der Waals surface area contributed by atoms with E-state index in [1.165, 1.54) is 56.7 Å². The molecule has 130 valence electrons. The zero-order chi connectivity index (χ0) is 17.1. The molecular formula is C19H30O4. The second-order valence-electron chi connectivity index (χ2n) is 6.24. The smallest absolute Gasteiger partial charge is 0.314 e.